The molecule has 0 radical (unpaired) electrons. The molecular weight excluding hydrogens is 392 g/mol. The minimum Gasteiger partial charge on any atom is -0.314 e. The first-order valence-corrected chi connectivity index (χ1v) is 8.34. The van der Waals surface area contributed by atoms with Crippen LogP contribution in [-0.2, 0) is 25.4 Å². The van der Waals surface area contributed by atoms with Crippen LogP contribution in [0, 0.1) is 10.1 Å². The molecule has 0 aliphatic rings. The highest BCUT2D eigenvalue weighted by molar-refractivity contribution is 6.29. The minimum absolute atomic E-state index is 0.0278. The average Bonchev–Trinajstić information content (AvgIpc) is 3.00. The van der Waals surface area contributed by atoms with Crippen molar-refractivity contribution in [2.24, 2.45) is 14.1 Å². The van der Waals surface area contributed by atoms with Crippen molar-refractivity contribution in [3.63, 3.8) is 0 Å². The summed E-state index contributed by atoms with van der Waals surface area (Å²) in [7, 11) is 4.26. The number of hydrogen-bond acceptors (Lipinski definition) is 6. The summed E-state index contributed by atoms with van der Waals surface area (Å²) in [4.78, 5) is 52.7. The van der Waals surface area contributed by atoms with Crippen molar-refractivity contribution in [2.75, 3.05) is 11.9 Å². The molecule has 1 amide bonds. The summed E-state index contributed by atoms with van der Waals surface area (Å²) in [5.41, 5.74) is -0.755. The molecule has 11 nitrogen and oxygen atoms in total. The molecule has 0 spiro atoms. The highest BCUT2D eigenvalue weighted by atomic mass is 35.5. The maximum absolute atomic E-state index is 12.7. The Morgan fingerprint density at radius 1 is 1.21 bits per heavy atom. The number of benzene rings is 1. The summed E-state index contributed by atoms with van der Waals surface area (Å²) in [5.74, 6) is -0.439. The normalized spacial score (nSPS) is 11.0. The Kier molecular flexibility index (Phi) is 4.77. The van der Waals surface area contributed by atoms with Crippen LogP contribution in [0.3, 0.4) is 0 Å². The molecule has 2 heterocycles. The van der Waals surface area contributed by atoms with Gasteiger partial charge in [-0.15, -0.1) is 0 Å². The zero-order valence-corrected chi connectivity index (χ0v) is 15.9. The first-order valence-electron chi connectivity index (χ1n) is 7.96. The average molecular weight is 407 g/mol. The van der Waals surface area contributed by atoms with E-state index in [1.54, 1.807) is 0 Å². The maximum atomic E-state index is 12.7. The summed E-state index contributed by atoms with van der Waals surface area (Å²) in [6.45, 7) is -0.309. The van der Waals surface area contributed by atoms with E-state index in [1.165, 1.54) is 59.4 Å². The number of hydrogen-bond donors (Lipinski definition) is 0. The second kappa shape index (κ2) is 6.93. The molecule has 2 aromatic heterocycles. The highest BCUT2D eigenvalue weighted by Gasteiger charge is 2.21. The summed E-state index contributed by atoms with van der Waals surface area (Å²) < 4.78 is 3.30. The van der Waals surface area contributed by atoms with Gasteiger partial charge in [-0.25, -0.2) is 4.79 Å². The first kappa shape index (κ1) is 19.3. The third-order valence-corrected chi connectivity index (χ3v) is 4.71. The first-order chi connectivity index (χ1) is 13.1. The number of carbonyl (C=O) groups excluding carboxylic acids is 1. The Labute approximate surface area is 162 Å². The number of halogens is 1. The molecule has 0 saturated heterocycles. The zero-order valence-electron chi connectivity index (χ0n) is 15.1. The number of fused-ring (bicyclic) bond motifs is 1. The van der Waals surface area contributed by atoms with Crippen LogP contribution in [0.4, 0.5) is 11.4 Å². The molecule has 1 aromatic carbocycles. The molecule has 3 aromatic rings. The standard InChI is InChI=1S/C16H15ClN6O5/c1-19(9-4-6-10(7-5-9)23(27)28)11(24)8-22-12-13(18-15(22)17)20(2)16(26)21(3)14(12)25/h4-7H,8H2,1-3H3. The van der Waals surface area contributed by atoms with E-state index in [0.717, 1.165) is 4.57 Å². The Hall–Kier alpha value is -3.47. The second-order valence-electron chi connectivity index (χ2n) is 6.07. The van der Waals surface area contributed by atoms with Crippen molar-refractivity contribution in [1.29, 1.82) is 0 Å². The molecule has 0 unspecified atom stereocenters. The predicted octanol–water partition coefficient (Wildman–Crippen LogP) is 0.658. The van der Waals surface area contributed by atoms with Gasteiger partial charge >= 0.3 is 5.69 Å². The lowest BCUT2D eigenvalue weighted by Gasteiger charge is -2.18. The fraction of sp³-hybridized carbons (Fsp3) is 0.250. The number of nitrogens with zero attached hydrogens (tertiary/aromatic N) is 6. The van der Waals surface area contributed by atoms with E-state index >= 15 is 0 Å². The summed E-state index contributed by atoms with van der Waals surface area (Å²) >= 11 is 6.11. The Morgan fingerprint density at radius 3 is 2.39 bits per heavy atom. The van der Waals surface area contributed by atoms with Gasteiger partial charge < -0.3 is 4.90 Å². The van der Waals surface area contributed by atoms with Gasteiger partial charge in [0.05, 0.1) is 4.92 Å². The van der Waals surface area contributed by atoms with Gasteiger partial charge in [0.2, 0.25) is 11.2 Å². The molecule has 0 N–H and O–H groups in total. The number of nitro groups is 1. The number of likely N-dealkylation sites (N-methyl/N-ethyl adjacent to an activating group) is 1. The molecule has 0 atom stereocenters. The molecule has 0 fully saturated rings. The third kappa shape index (κ3) is 3.05. The number of amides is 1. The summed E-state index contributed by atoms with van der Waals surface area (Å²) in [6.07, 6.45) is 0. The Balaban J connectivity index is 1.99. The van der Waals surface area contributed by atoms with Gasteiger partial charge in [0.15, 0.2) is 11.2 Å². The van der Waals surface area contributed by atoms with E-state index in [4.69, 9.17) is 11.6 Å². The van der Waals surface area contributed by atoms with Crippen LogP contribution in [0.15, 0.2) is 33.9 Å². The van der Waals surface area contributed by atoms with E-state index in [9.17, 15) is 24.5 Å². The molecule has 146 valence electrons. The van der Waals surface area contributed by atoms with Crippen LogP contribution < -0.4 is 16.1 Å². The van der Waals surface area contributed by atoms with Crippen molar-refractivity contribution in [3.8, 4) is 0 Å². The number of nitro benzene ring substituents is 1. The number of rotatable bonds is 4. The van der Waals surface area contributed by atoms with Gasteiger partial charge in [0.25, 0.3) is 11.2 Å². The Morgan fingerprint density at radius 2 is 1.82 bits per heavy atom. The van der Waals surface area contributed by atoms with E-state index < -0.39 is 22.1 Å². The van der Waals surface area contributed by atoms with E-state index in [0.29, 0.717) is 5.69 Å². The number of aromatic nitrogens is 4. The summed E-state index contributed by atoms with van der Waals surface area (Å²) in [6, 6.07) is 5.44. The smallest absolute Gasteiger partial charge is 0.314 e. The number of carbonyl (C=O) groups is 1. The van der Waals surface area contributed by atoms with Crippen LogP contribution in [0.1, 0.15) is 0 Å². The van der Waals surface area contributed by atoms with Gasteiger partial charge in [-0.05, 0) is 23.7 Å². The van der Waals surface area contributed by atoms with Gasteiger partial charge in [0.1, 0.15) is 6.54 Å². The van der Waals surface area contributed by atoms with Gasteiger partial charge in [0, 0.05) is 39.0 Å². The van der Waals surface area contributed by atoms with Crippen molar-refractivity contribution < 1.29 is 9.72 Å². The third-order valence-electron chi connectivity index (χ3n) is 4.42. The lowest BCUT2D eigenvalue weighted by Crippen LogP contribution is -2.38. The largest absolute Gasteiger partial charge is 0.332 e. The van der Waals surface area contributed by atoms with Crippen LogP contribution in [0.5, 0.6) is 0 Å². The molecule has 0 aliphatic heterocycles. The SMILES string of the molecule is CN(C(=O)Cn1c(Cl)nc2c1c(=O)n(C)c(=O)n2C)c1ccc([N+](=O)[O-])cc1. The molecule has 3 rings (SSSR count). The van der Waals surface area contributed by atoms with Crippen molar-refractivity contribution in [2.45, 2.75) is 6.54 Å². The maximum Gasteiger partial charge on any atom is 0.332 e. The van der Waals surface area contributed by atoms with Crippen LogP contribution in [0.2, 0.25) is 5.28 Å². The van der Waals surface area contributed by atoms with E-state index in [-0.39, 0.29) is 28.7 Å². The minimum atomic E-state index is -0.622. The van der Waals surface area contributed by atoms with Gasteiger partial charge in [-0.1, -0.05) is 0 Å². The highest BCUT2D eigenvalue weighted by Crippen LogP contribution is 2.20. The molecule has 12 heteroatoms. The lowest BCUT2D eigenvalue weighted by molar-refractivity contribution is -0.384. The summed E-state index contributed by atoms with van der Waals surface area (Å²) in [5, 5.41) is 10.6. The molecule has 0 bridgehead atoms. The number of aryl methyl sites for hydroxylation is 1. The predicted molar refractivity (Wildman–Crippen MR) is 102 cm³/mol. The van der Waals surface area contributed by atoms with Gasteiger partial charge in [-0.2, -0.15) is 4.98 Å². The topological polar surface area (TPSA) is 125 Å². The van der Waals surface area contributed by atoms with Crippen molar-refractivity contribution in [3.05, 3.63) is 60.5 Å². The Bertz CT molecular complexity index is 1220. The van der Waals surface area contributed by atoms with Crippen LogP contribution in [-0.4, -0.2) is 36.6 Å². The number of anilines is 1. The van der Waals surface area contributed by atoms with Crippen molar-refractivity contribution >= 4 is 40.0 Å². The molecule has 0 aliphatic carbocycles. The number of imidazole rings is 1. The van der Waals surface area contributed by atoms with Crippen LogP contribution >= 0.6 is 11.6 Å². The molecular formula is C16H15ClN6O5. The van der Waals surface area contributed by atoms with E-state index in [2.05, 4.69) is 4.98 Å². The quantitative estimate of drug-likeness (QED) is 0.356. The molecule has 28 heavy (non-hydrogen) atoms. The monoisotopic (exact) mass is 406 g/mol. The van der Waals surface area contributed by atoms with Gasteiger partial charge in [-0.3, -0.25) is 33.4 Å². The lowest BCUT2D eigenvalue weighted by atomic mass is 10.2. The van der Waals surface area contributed by atoms with E-state index in [1.807, 2.05) is 0 Å². The molecule has 0 saturated carbocycles. The van der Waals surface area contributed by atoms with Crippen molar-refractivity contribution in [1.82, 2.24) is 18.7 Å². The zero-order chi connectivity index (χ0) is 20.7. The van der Waals surface area contributed by atoms with Crippen LogP contribution in [0.25, 0.3) is 11.2 Å². The second-order valence-corrected chi connectivity index (χ2v) is 6.41. The number of non-ortho nitro benzene ring substituents is 1. The fourth-order valence-electron chi connectivity index (χ4n) is 2.75. The fourth-order valence-corrected chi connectivity index (χ4v) is 2.97.